The lowest BCUT2D eigenvalue weighted by Gasteiger charge is -2.32. The molecule has 8 nitrogen and oxygen atoms in total. The third-order valence-electron chi connectivity index (χ3n) is 5.67. The highest BCUT2D eigenvalue weighted by Crippen LogP contribution is 2.27. The van der Waals surface area contributed by atoms with Crippen LogP contribution in [-0.2, 0) is 11.3 Å². The minimum Gasteiger partial charge on any atom is -0.464 e. The molecule has 2 fully saturated rings. The topological polar surface area (TPSA) is 100 Å². The van der Waals surface area contributed by atoms with E-state index < -0.39 is 0 Å². The third kappa shape index (κ3) is 5.35. The lowest BCUT2D eigenvalue weighted by atomic mass is 9.97. The second-order valence-corrected chi connectivity index (χ2v) is 9.98. The Morgan fingerprint density at radius 1 is 1.27 bits per heavy atom. The largest absolute Gasteiger partial charge is 0.464 e. The van der Waals surface area contributed by atoms with Gasteiger partial charge in [0.25, 0.3) is 11.1 Å². The number of furan rings is 1. The van der Waals surface area contributed by atoms with Gasteiger partial charge in [-0.15, -0.1) is 11.3 Å². The van der Waals surface area contributed by atoms with Gasteiger partial charge >= 0.3 is 0 Å². The van der Waals surface area contributed by atoms with E-state index >= 15 is 0 Å². The average molecular weight is 482 g/mol. The first-order valence-electron chi connectivity index (χ1n) is 10.8. The summed E-state index contributed by atoms with van der Waals surface area (Å²) in [4.78, 5) is 35.9. The van der Waals surface area contributed by atoms with Crippen LogP contribution in [0.2, 0.25) is 0 Å². The van der Waals surface area contributed by atoms with Gasteiger partial charge in [-0.2, -0.15) is 0 Å². The number of nitrogens with zero attached hydrogens (tertiary/aromatic N) is 3. The molecule has 2 saturated heterocycles. The molecule has 2 aliphatic rings. The molecule has 0 atom stereocenters. The summed E-state index contributed by atoms with van der Waals surface area (Å²) in [6.45, 7) is 3.62. The van der Waals surface area contributed by atoms with Crippen molar-refractivity contribution in [2.75, 3.05) is 24.5 Å². The molecule has 0 aromatic carbocycles. The summed E-state index contributed by atoms with van der Waals surface area (Å²) < 4.78 is 5.46. The van der Waals surface area contributed by atoms with Crippen LogP contribution in [0.3, 0.4) is 0 Å². The predicted molar refractivity (Wildman–Crippen MR) is 130 cm³/mol. The number of rotatable bonds is 7. The zero-order valence-electron chi connectivity index (χ0n) is 17.8. The van der Waals surface area contributed by atoms with Crippen molar-refractivity contribution in [1.29, 1.82) is 0 Å². The summed E-state index contributed by atoms with van der Waals surface area (Å²) in [5.74, 6) is 1.81. The molecule has 10 heteroatoms. The second kappa shape index (κ2) is 9.90. The summed E-state index contributed by atoms with van der Waals surface area (Å²) in [6.07, 6.45) is 7.16. The monoisotopic (exact) mass is 481 g/mol. The van der Waals surface area contributed by atoms with Crippen LogP contribution in [-0.4, -0.2) is 40.7 Å². The van der Waals surface area contributed by atoms with Crippen LogP contribution in [0.1, 0.15) is 23.4 Å². The standard InChI is InChI=1S/C23H23N5O3S2/c29-21-20(33-23(30)27-21)11-17-3-6-25-22(26-17)28-7-4-15(5-8-28)12-24-13-18-10-16(14-32-18)19-2-1-9-31-19/h1-3,6,9-11,14-15,24H,4-5,7-8,12-13H2,(H,27,29,30)/b20-11-. The van der Waals surface area contributed by atoms with Crippen molar-refractivity contribution in [3.63, 3.8) is 0 Å². The van der Waals surface area contributed by atoms with Crippen LogP contribution in [0.4, 0.5) is 10.7 Å². The molecule has 3 aromatic rings. The Labute approximate surface area is 199 Å². The SMILES string of the molecule is O=C1NC(=O)/C(=C/c2ccnc(N3CCC(CNCc4cc(-c5ccco5)cs4)CC3)n2)S1. The van der Waals surface area contributed by atoms with Crippen molar-refractivity contribution < 1.29 is 14.0 Å². The van der Waals surface area contributed by atoms with Crippen LogP contribution in [0.25, 0.3) is 17.4 Å². The molecule has 2 aliphatic heterocycles. The van der Waals surface area contributed by atoms with Crippen LogP contribution in [0, 0.1) is 5.92 Å². The average Bonchev–Trinajstić information content (AvgIpc) is 3.57. The molecule has 0 unspecified atom stereocenters. The van der Waals surface area contributed by atoms with Crippen molar-refractivity contribution in [2.45, 2.75) is 19.4 Å². The van der Waals surface area contributed by atoms with Gasteiger partial charge in [0.05, 0.1) is 16.9 Å². The van der Waals surface area contributed by atoms with E-state index in [0.717, 1.165) is 62.1 Å². The Morgan fingerprint density at radius 2 is 2.15 bits per heavy atom. The van der Waals surface area contributed by atoms with Gasteiger partial charge in [0.15, 0.2) is 0 Å². The summed E-state index contributed by atoms with van der Waals surface area (Å²) in [7, 11) is 0. The van der Waals surface area contributed by atoms with Crippen molar-refractivity contribution in [2.24, 2.45) is 5.92 Å². The molecule has 0 saturated carbocycles. The maximum atomic E-state index is 11.8. The fourth-order valence-electron chi connectivity index (χ4n) is 3.93. The van der Waals surface area contributed by atoms with Gasteiger partial charge < -0.3 is 14.6 Å². The highest BCUT2D eigenvalue weighted by atomic mass is 32.2. The number of amides is 2. The van der Waals surface area contributed by atoms with E-state index in [-0.39, 0.29) is 11.1 Å². The number of thioether (sulfide) groups is 1. The van der Waals surface area contributed by atoms with Crippen molar-refractivity contribution >= 4 is 46.3 Å². The molecule has 5 rings (SSSR count). The Balaban J connectivity index is 1.10. The Hall–Kier alpha value is -2.95. The van der Waals surface area contributed by atoms with Crippen molar-refractivity contribution in [1.82, 2.24) is 20.6 Å². The summed E-state index contributed by atoms with van der Waals surface area (Å²) in [5.41, 5.74) is 1.76. The number of imide groups is 1. The normalized spacial score (nSPS) is 18.3. The van der Waals surface area contributed by atoms with Crippen molar-refractivity contribution in [3.05, 3.63) is 57.6 Å². The van der Waals surface area contributed by atoms with E-state index in [4.69, 9.17) is 4.42 Å². The smallest absolute Gasteiger partial charge is 0.290 e. The quantitative estimate of drug-likeness (QED) is 0.486. The number of aromatic nitrogens is 2. The van der Waals surface area contributed by atoms with Crippen LogP contribution in [0.5, 0.6) is 0 Å². The summed E-state index contributed by atoms with van der Waals surface area (Å²) in [5, 5.41) is 7.63. The molecule has 2 N–H and O–H groups in total. The Morgan fingerprint density at radius 3 is 2.91 bits per heavy atom. The zero-order valence-corrected chi connectivity index (χ0v) is 19.5. The van der Waals surface area contributed by atoms with Gasteiger partial charge in [-0.25, -0.2) is 9.97 Å². The maximum absolute atomic E-state index is 11.8. The van der Waals surface area contributed by atoms with Crippen LogP contribution in [0.15, 0.2) is 51.4 Å². The molecule has 0 spiro atoms. The van der Waals surface area contributed by atoms with E-state index in [1.807, 2.05) is 12.1 Å². The first-order chi connectivity index (χ1) is 16.1. The number of hydrogen-bond acceptors (Lipinski definition) is 9. The van der Waals surface area contributed by atoms with Crippen LogP contribution >= 0.6 is 23.1 Å². The Kier molecular flexibility index (Phi) is 6.56. The number of hydrogen-bond donors (Lipinski definition) is 2. The minimum absolute atomic E-state index is 0.353. The molecule has 170 valence electrons. The fourth-order valence-corrected chi connectivity index (χ4v) is 5.44. The van der Waals surface area contributed by atoms with Gasteiger partial charge in [-0.05, 0) is 67.4 Å². The third-order valence-corrected chi connectivity index (χ3v) is 7.42. The first-order valence-corrected chi connectivity index (χ1v) is 12.5. The summed E-state index contributed by atoms with van der Waals surface area (Å²) in [6, 6.07) is 7.81. The minimum atomic E-state index is -0.377. The molecule has 0 radical (unpaired) electrons. The number of carbonyl (C=O) groups is 2. The fraction of sp³-hybridized carbons (Fsp3) is 0.304. The number of carbonyl (C=O) groups excluding carboxylic acids is 2. The van der Waals surface area contributed by atoms with Crippen molar-refractivity contribution in [3.8, 4) is 11.3 Å². The first kappa shape index (κ1) is 21.9. The molecular formula is C23H23N5O3S2. The lowest BCUT2D eigenvalue weighted by Crippen LogP contribution is -2.38. The van der Waals surface area contributed by atoms with E-state index in [9.17, 15) is 9.59 Å². The molecule has 33 heavy (non-hydrogen) atoms. The lowest BCUT2D eigenvalue weighted by molar-refractivity contribution is -0.115. The summed E-state index contributed by atoms with van der Waals surface area (Å²) >= 11 is 2.64. The number of nitrogens with one attached hydrogen (secondary N) is 2. The van der Waals surface area contributed by atoms with Gasteiger partial charge in [-0.3, -0.25) is 14.9 Å². The molecule has 0 aliphatic carbocycles. The molecule has 2 amide bonds. The second-order valence-electron chi connectivity index (χ2n) is 7.97. The maximum Gasteiger partial charge on any atom is 0.290 e. The van der Waals surface area contributed by atoms with Gasteiger partial charge in [-0.1, -0.05) is 0 Å². The van der Waals surface area contributed by atoms with E-state index in [0.29, 0.717) is 22.5 Å². The number of anilines is 1. The number of piperidine rings is 1. The molecule has 5 heterocycles. The molecular weight excluding hydrogens is 458 g/mol. The van der Waals surface area contributed by atoms with E-state index in [2.05, 4.69) is 36.9 Å². The predicted octanol–water partition coefficient (Wildman–Crippen LogP) is 4.13. The molecule has 0 bridgehead atoms. The zero-order chi connectivity index (χ0) is 22.6. The van der Waals surface area contributed by atoms with Gasteiger partial charge in [0.1, 0.15) is 5.76 Å². The van der Waals surface area contributed by atoms with Gasteiger partial charge in [0.2, 0.25) is 5.95 Å². The molecule has 3 aromatic heterocycles. The van der Waals surface area contributed by atoms with Crippen LogP contribution < -0.4 is 15.5 Å². The highest BCUT2D eigenvalue weighted by molar-refractivity contribution is 8.18. The van der Waals surface area contributed by atoms with E-state index in [1.165, 1.54) is 4.88 Å². The number of thiophene rings is 1. The van der Waals surface area contributed by atoms with E-state index in [1.54, 1.807) is 35.9 Å². The Bertz CT molecular complexity index is 1170. The van der Waals surface area contributed by atoms with Gasteiger partial charge in [0, 0.05) is 41.7 Å². The highest BCUT2D eigenvalue weighted by Gasteiger charge is 2.25.